The number of carbonyl (C=O) groups is 3. The fraction of sp³-hybridized carbons (Fsp3) is 0.625. The van der Waals surface area contributed by atoms with Gasteiger partial charge in [0.05, 0.1) is 0 Å². The summed E-state index contributed by atoms with van der Waals surface area (Å²) in [5, 5.41) is 5.89. The van der Waals surface area contributed by atoms with Crippen molar-refractivity contribution in [2.24, 2.45) is 11.8 Å². The van der Waals surface area contributed by atoms with Gasteiger partial charge in [-0.2, -0.15) is 0 Å². The van der Waals surface area contributed by atoms with Gasteiger partial charge in [-0.1, -0.05) is 18.2 Å². The molecule has 3 atom stereocenters. The number of fused-ring (bicyclic) bond motifs is 4. The summed E-state index contributed by atoms with van der Waals surface area (Å²) in [6.45, 7) is 3.65. The Morgan fingerprint density at radius 1 is 0.938 bits per heavy atom. The molecule has 2 bridgehead atoms. The largest absolute Gasteiger partial charge is 0.339 e. The second-order valence-corrected chi connectivity index (χ2v) is 9.78. The standard InChI is InChI=1S/C24H33N5O3/c30-22-8-4-7-21-18-13-17(15-29(21)22)14-28(16-18)24(32)27-11-9-20(10-12-27)26-23(31)25-19-5-2-1-3-6-19/h1-3,5-6,17-18,20-21H,4,7-16H2,(H2,25,26,31)/t17-,18-,21-/m1/s1. The number of para-hydroxylation sites is 1. The molecular formula is C24H33N5O3. The molecule has 4 fully saturated rings. The minimum atomic E-state index is -0.198. The highest BCUT2D eigenvalue weighted by Gasteiger charge is 2.45. The Kier molecular flexibility index (Phi) is 5.93. The summed E-state index contributed by atoms with van der Waals surface area (Å²) >= 11 is 0. The van der Waals surface area contributed by atoms with Crippen LogP contribution < -0.4 is 10.6 Å². The van der Waals surface area contributed by atoms with E-state index in [1.54, 1.807) is 0 Å². The van der Waals surface area contributed by atoms with Crippen molar-refractivity contribution in [3.63, 3.8) is 0 Å². The molecule has 0 unspecified atom stereocenters. The third kappa shape index (κ3) is 4.40. The maximum absolute atomic E-state index is 13.3. The Morgan fingerprint density at radius 2 is 1.72 bits per heavy atom. The summed E-state index contributed by atoms with van der Waals surface area (Å²) in [5.74, 6) is 1.12. The Labute approximate surface area is 189 Å². The first-order valence-corrected chi connectivity index (χ1v) is 12.0. The fourth-order valence-electron chi connectivity index (χ4n) is 6.06. The minimum absolute atomic E-state index is 0.0744. The monoisotopic (exact) mass is 439 g/mol. The van der Waals surface area contributed by atoms with Crippen LogP contribution >= 0.6 is 0 Å². The van der Waals surface area contributed by atoms with Crippen molar-refractivity contribution in [2.75, 3.05) is 38.0 Å². The molecule has 1 aromatic carbocycles. The van der Waals surface area contributed by atoms with Crippen LogP contribution in [-0.4, -0.2) is 77.5 Å². The average molecular weight is 440 g/mol. The molecule has 172 valence electrons. The normalized spacial score (nSPS) is 28.2. The van der Waals surface area contributed by atoms with Crippen LogP contribution in [0.5, 0.6) is 0 Å². The van der Waals surface area contributed by atoms with Gasteiger partial charge in [0.2, 0.25) is 5.91 Å². The van der Waals surface area contributed by atoms with Crippen molar-refractivity contribution in [2.45, 2.75) is 50.6 Å². The van der Waals surface area contributed by atoms with Gasteiger partial charge < -0.3 is 25.3 Å². The van der Waals surface area contributed by atoms with Crippen molar-refractivity contribution in [1.82, 2.24) is 20.0 Å². The Bertz CT molecular complexity index is 854. The number of benzene rings is 1. The van der Waals surface area contributed by atoms with Crippen LogP contribution in [0.2, 0.25) is 0 Å². The number of amides is 5. The first kappa shape index (κ1) is 21.1. The number of anilines is 1. The summed E-state index contributed by atoms with van der Waals surface area (Å²) in [4.78, 5) is 43.9. The topological polar surface area (TPSA) is 85.0 Å². The van der Waals surface area contributed by atoms with Crippen LogP contribution in [0.15, 0.2) is 30.3 Å². The molecule has 4 aliphatic rings. The number of nitrogens with zero attached hydrogens (tertiary/aromatic N) is 3. The summed E-state index contributed by atoms with van der Waals surface area (Å²) < 4.78 is 0. The molecule has 1 aromatic rings. The predicted octanol–water partition coefficient (Wildman–Crippen LogP) is 2.73. The van der Waals surface area contributed by atoms with E-state index in [1.807, 2.05) is 40.1 Å². The Morgan fingerprint density at radius 3 is 2.50 bits per heavy atom. The van der Waals surface area contributed by atoms with Gasteiger partial charge >= 0.3 is 12.1 Å². The molecular weight excluding hydrogens is 406 g/mol. The van der Waals surface area contributed by atoms with E-state index >= 15 is 0 Å². The van der Waals surface area contributed by atoms with Gasteiger partial charge in [0.1, 0.15) is 0 Å². The number of rotatable bonds is 2. The molecule has 5 amide bonds. The van der Waals surface area contributed by atoms with Gasteiger partial charge in [0, 0.05) is 56.9 Å². The zero-order valence-electron chi connectivity index (χ0n) is 18.5. The van der Waals surface area contributed by atoms with Crippen LogP contribution in [0.25, 0.3) is 0 Å². The fourth-order valence-corrected chi connectivity index (χ4v) is 6.06. The van der Waals surface area contributed by atoms with Crippen LogP contribution in [0.3, 0.4) is 0 Å². The van der Waals surface area contributed by atoms with Gasteiger partial charge in [-0.15, -0.1) is 0 Å². The highest BCUT2D eigenvalue weighted by molar-refractivity contribution is 5.89. The van der Waals surface area contributed by atoms with E-state index in [4.69, 9.17) is 0 Å². The predicted molar refractivity (Wildman–Crippen MR) is 121 cm³/mol. The third-order valence-electron chi connectivity index (χ3n) is 7.58. The highest BCUT2D eigenvalue weighted by atomic mass is 16.2. The zero-order valence-corrected chi connectivity index (χ0v) is 18.5. The van der Waals surface area contributed by atoms with E-state index in [0.29, 0.717) is 43.3 Å². The number of urea groups is 2. The maximum atomic E-state index is 13.3. The van der Waals surface area contributed by atoms with Crippen LogP contribution in [0, 0.1) is 11.8 Å². The van der Waals surface area contributed by atoms with Crippen molar-refractivity contribution in [3.05, 3.63) is 30.3 Å². The lowest BCUT2D eigenvalue weighted by Crippen LogP contribution is -2.62. The number of hydrogen-bond donors (Lipinski definition) is 2. The molecule has 4 heterocycles. The molecule has 32 heavy (non-hydrogen) atoms. The second kappa shape index (κ2) is 9.00. The SMILES string of the molecule is O=C(Nc1ccccc1)NC1CCN(C(=O)N2C[C@H]3C[C@H](C2)[C@H]2CCCC(=O)N2C3)CC1. The smallest absolute Gasteiger partial charge is 0.320 e. The van der Waals surface area contributed by atoms with E-state index in [2.05, 4.69) is 15.5 Å². The van der Waals surface area contributed by atoms with Crippen LogP contribution in [-0.2, 0) is 4.79 Å². The molecule has 4 aliphatic heterocycles. The van der Waals surface area contributed by atoms with Gasteiger partial charge in [0.15, 0.2) is 0 Å². The molecule has 8 nitrogen and oxygen atoms in total. The molecule has 0 aliphatic carbocycles. The molecule has 0 aromatic heterocycles. The molecule has 4 saturated heterocycles. The van der Waals surface area contributed by atoms with Crippen molar-refractivity contribution >= 4 is 23.7 Å². The summed E-state index contributed by atoms with van der Waals surface area (Å²) in [6.07, 6.45) is 5.41. The van der Waals surface area contributed by atoms with Gasteiger partial charge in [-0.25, -0.2) is 9.59 Å². The van der Waals surface area contributed by atoms with Crippen LogP contribution in [0.4, 0.5) is 15.3 Å². The molecule has 0 spiro atoms. The average Bonchev–Trinajstić information content (AvgIpc) is 2.80. The van der Waals surface area contributed by atoms with E-state index in [9.17, 15) is 14.4 Å². The van der Waals surface area contributed by atoms with E-state index < -0.39 is 0 Å². The lowest BCUT2D eigenvalue weighted by Gasteiger charge is -2.53. The number of nitrogens with one attached hydrogen (secondary N) is 2. The highest BCUT2D eigenvalue weighted by Crippen LogP contribution is 2.38. The lowest BCUT2D eigenvalue weighted by atomic mass is 9.76. The summed E-state index contributed by atoms with van der Waals surface area (Å²) in [7, 11) is 0. The second-order valence-electron chi connectivity index (χ2n) is 9.78. The number of likely N-dealkylation sites (tertiary alicyclic amines) is 2. The van der Waals surface area contributed by atoms with Crippen molar-refractivity contribution < 1.29 is 14.4 Å². The maximum Gasteiger partial charge on any atom is 0.320 e. The number of hydrogen-bond acceptors (Lipinski definition) is 3. The molecule has 8 heteroatoms. The minimum Gasteiger partial charge on any atom is -0.339 e. The van der Waals surface area contributed by atoms with Gasteiger partial charge in [0.25, 0.3) is 0 Å². The van der Waals surface area contributed by atoms with Gasteiger partial charge in [-0.3, -0.25) is 4.79 Å². The molecule has 0 radical (unpaired) electrons. The van der Waals surface area contributed by atoms with E-state index in [0.717, 1.165) is 57.4 Å². The molecule has 2 N–H and O–H groups in total. The first-order chi connectivity index (χ1) is 15.6. The van der Waals surface area contributed by atoms with Crippen molar-refractivity contribution in [1.29, 1.82) is 0 Å². The lowest BCUT2D eigenvalue weighted by molar-refractivity contribution is -0.144. The molecule has 0 saturated carbocycles. The summed E-state index contributed by atoms with van der Waals surface area (Å²) in [6, 6.07) is 9.73. The van der Waals surface area contributed by atoms with Gasteiger partial charge in [-0.05, 0) is 56.1 Å². The third-order valence-corrected chi connectivity index (χ3v) is 7.58. The van der Waals surface area contributed by atoms with E-state index in [1.165, 1.54) is 0 Å². The Balaban J connectivity index is 1.11. The Hall–Kier alpha value is -2.77. The number of carbonyl (C=O) groups excluding carboxylic acids is 3. The molecule has 5 rings (SSSR count). The zero-order chi connectivity index (χ0) is 22.1. The summed E-state index contributed by atoms with van der Waals surface area (Å²) in [5.41, 5.74) is 0.770. The van der Waals surface area contributed by atoms with E-state index in [-0.39, 0.29) is 18.1 Å². The first-order valence-electron chi connectivity index (χ1n) is 12.0. The van der Waals surface area contributed by atoms with Crippen LogP contribution in [0.1, 0.15) is 38.5 Å². The van der Waals surface area contributed by atoms with Crippen molar-refractivity contribution in [3.8, 4) is 0 Å². The quantitative estimate of drug-likeness (QED) is 0.743. The number of piperidine rings is 4.